The van der Waals surface area contributed by atoms with Crippen molar-refractivity contribution < 1.29 is 32.2 Å². The zero-order chi connectivity index (χ0) is 16.6. The molecule has 1 rings (SSSR count). The maximum absolute atomic E-state index is 13.7. The number of halogens is 2. The molecule has 0 atom stereocenters. The number of likely N-dealkylation sites (N-methyl/N-ethyl adjacent to an activating group) is 1. The molecule has 2 N–H and O–H groups in total. The van der Waals surface area contributed by atoms with Gasteiger partial charge in [0.2, 0.25) is 10.0 Å². The molecule has 0 unspecified atom stereocenters. The summed E-state index contributed by atoms with van der Waals surface area (Å²) < 4.78 is 52.0. The maximum atomic E-state index is 13.7. The van der Waals surface area contributed by atoms with Crippen LogP contribution in [-0.4, -0.2) is 48.1 Å². The number of nitrogens with zero attached hydrogens (tertiary/aromatic N) is 1. The third-order valence-corrected chi connectivity index (χ3v) is 4.34. The molecule has 1 aromatic rings. The molecule has 0 aliphatic carbocycles. The summed E-state index contributed by atoms with van der Waals surface area (Å²) in [6.07, 6.45) is 0. The van der Waals surface area contributed by atoms with Crippen LogP contribution in [0.1, 0.15) is 24.2 Å². The molecule has 118 valence electrons. The van der Waals surface area contributed by atoms with Crippen molar-refractivity contribution >= 4 is 16.0 Å². The lowest BCUT2D eigenvalue weighted by Gasteiger charge is -2.25. The lowest BCUT2D eigenvalue weighted by Crippen LogP contribution is -2.40. The number of carboxylic acids is 1. The Balaban J connectivity index is 3.41. The number of hydrogen-bond acceptors (Lipinski definition) is 4. The van der Waals surface area contributed by atoms with Crippen molar-refractivity contribution in [3.05, 3.63) is 29.3 Å². The summed E-state index contributed by atoms with van der Waals surface area (Å²) in [4.78, 5) is 9.71. The van der Waals surface area contributed by atoms with E-state index >= 15 is 0 Å². The second-order valence-corrected chi connectivity index (χ2v) is 7.16. The van der Waals surface area contributed by atoms with Crippen LogP contribution in [-0.2, 0) is 10.0 Å². The molecule has 0 saturated heterocycles. The third kappa shape index (κ3) is 3.96. The zero-order valence-corrected chi connectivity index (χ0v) is 12.4. The highest BCUT2D eigenvalue weighted by molar-refractivity contribution is 7.89. The van der Waals surface area contributed by atoms with Crippen molar-refractivity contribution in [2.24, 2.45) is 0 Å². The summed E-state index contributed by atoms with van der Waals surface area (Å²) in [5.74, 6) is -4.83. The fourth-order valence-electron chi connectivity index (χ4n) is 1.67. The van der Waals surface area contributed by atoms with Gasteiger partial charge in [0, 0.05) is 13.6 Å². The molecular formula is C12H15F2NO5S. The summed E-state index contributed by atoms with van der Waals surface area (Å²) in [5.41, 5.74) is -2.09. The van der Waals surface area contributed by atoms with Gasteiger partial charge in [0.1, 0.15) is 4.90 Å². The highest BCUT2D eigenvalue weighted by Gasteiger charge is 2.31. The molecule has 0 spiro atoms. The van der Waals surface area contributed by atoms with Gasteiger partial charge in [0.15, 0.2) is 11.6 Å². The first kappa shape index (κ1) is 17.5. The lowest BCUT2D eigenvalue weighted by molar-refractivity contribution is 0.0637. The van der Waals surface area contributed by atoms with Crippen LogP contribution < -0.4 is 0 Å². The van der Waals surface area contributed by atoms with E-state index in [0.717, 1.165) is 7.05 Å². The SMILES string of the molecule is CN(CC(C)(C)O)S(=O)(=O)c1cc(C(=O)O)cc(F)c1F. The largest absolute Gasteiger partial charge is 0.478 e. The molecule has 0 amide bonds. The molecule has 0 aromatic heterocycles. The fraction of sp³-hybridized carbons (Fsp3) is 0.417. The second kappa shape index (κ2) is 5.66. The van der Waals surface area contributed by atoms with E-state index in [1.54, 1.807) is 0 Å². The van der Waals surface area contributed by atoms with E-state index in [9.17, 15) is 27.1 Å². The molecule has 9 heteroatoms. The van der Waals surface area contributed by atoms with Crippen molar-refractivity contribution in [3.63, 3.8) is 0 Å². The highest BCUT2D eigenvalue weighted by Crippen LogP contribution is 2.23. The van der Waals surface area contributed by atoms with Gasteiger partial charge >= 0.3 is 5.97 Å². The van der Waals surface area contributed by atoms with E-state index in [1.165, 1.54) is 13.8 Å². The van der Waals surface area contributed by atoms with Crippen molar-refractivity contribution in [1.82, 2.24) is 4.31 Å². The summed E-state index contributed by atoms with van der Waals surface area (Å²) in [5, 5.41) is 18.4. The van der Waals surface area contributed by atoms with Crippen molar-refractivity contribution in [2.45, 2.75) is 24.3 Å². The normalized spacial score (nSPS) is 12.7. The molecule has 0 fully saturated rings. The van der Waals surface area contributed by atoms with Crippen LogP contribution in [0.2, 0.25) is 0 Å². The van der Waals surface area contributed by atoms with E-state index in [-0.39, 0.29) is 6.54 Å². The lowest BCUT2D eigenvalue weighted by atomic mass is 10.1. The topological polar surface area (TPSA) is 94.9 Å². The van der Waals surface area contributed by atoms with E-state index in [2.05, 4.69) is 0 Å². The Morgan fingerprint density at radius 2 is 1.86 bits per heavy atom. The van der Waals surface area contributed by atoms with Gasteiger partial charge in [-0.2, -0.15) is 4.31 Å². The van der Waals surface area contributed by atoms with Gasteiger partial charge in [-0.05, 0) is 26.0 Å². The summed E-state index contributed by atoms with van der Waals surface area (Å²) in [7, 11) is -3.42. The van der Waals surface area contributed by atoms with E-state index in [4.69, 9.17) is 5.11 Å². The molecule has 21 heavy (non-hydrogen) atoms. The van der Waals surface area contributed by atoms with Crippen molar-refractivity contribution in [1.29, 1.82) is 0 Å². The molecule has 0 radical (unpaired) electrons. The Kier molecular flexibility index (Phi) is 4.71. The van der Waals surface area contributed by atoms with Crippen LogP contribution in [0.4, 0.5) is 8.78 Å². The van der Waals surface area contributed by atoms with Gasteiger partial charge in [-0.25, -0.2) is 22.0 Å². The second-order valence-electron chi connectivity index (χ2n) is 5.15. The van der Waals surface area contributed by atoms with Gasteiger partial charge in [0.25, 0.3) is 0 Å². The predicted molar refractivity (Wildman–Crippen MR) is 69.4 cm³/mol. The fourth-order valence-corrected chi connectivity index (χ4v) is 3.09. The smallest absolute Gasteiger partial charge is 0.335 e. The minimum atomic E-state index is -4.49. The van der Waals surface area contributed by atoms with E-state index < -0.39 is 43.7 Å². The standard InChI is InChI=1S/C12H15F2NO5S/c1-12(2,18)6-15(3)21(19,20)9-5-7(11(16)17)4-8(13)10(9)14/h4-5,18H,6H2,1-3H3,(H,16,17). The van der Waals surface area contributed by atoms with Crippen LogP contribution in [0.25, 0.3) is 0 Å². The first-order valence-electron chi connectivity index (χ1n) is 5.77. The maximum Gasteiger partial charge on any atom is 0.335 e. The predicted octanol–water partition coefficient (Wildman–Crippen LogP) is 1.05. The zero-order valence-electron chi connectivity index (χ0n) is 11.6. The number of rotatable bonds is 5. The monoisotopic (exact) mass is 323 g/mol. The number of carbonyl (C=O) groups is 1. The van der Waals surface area contributed by atoms with Crippen molar-refractivity contribution in [3.8, 4) is 0 Å². The molecule has 0 heterocycles. The van der Waals surface area contributed by atoms with Crippen molar-refractivity contribution in [2.75, 3.05) is 13.6 Å². The van der Waals surface area contributed by atoms with Gasteiger partial charge in [0.05, 0.1) is 11.2 Å². The van der Waals surface area contributed by atoms with Gasteiger partial charge in [-0.3, -0.25) is 0 Å². The van der Waals surface area contributed by atoms with Crippen LogP contribution in [0.5, 0.6) is 0 Å². The first-order chi connectivity index (χ1) is 9.36. The molecule has 0 aliphatic heterocycles. The third-order valence-electron chi connectivity index (χ3n) is 2.54. The molecule has 1 aromatic carbocycles. The quantitative estimate of drug-likeness (QED) is 0.845. The highest BCUT2D eigenvalue weighted by atomic mass is 32.2. The van der Waals surface area contributed by atoms with Crippen LogP contribution in [0.15, 0.2) is 17.0 Å². The Hall–Kier alpha value is -1.58. The number of hydrogen-bond donors (Lipinski definition) is 2. The van der Waals surface area contributed by atoms with E-state index in [0.29, 0.717) is 16.4 Å². The molecule has 0 saturated carbocycles. The Labute approximate surface area is 120 Å². The first-order valence-corrected chi connectivity index (χ1v) is 7.21. The number of aromatic carboxylic acids is 1. The van der Waals surface area contributed by atoms with E-state index in [1.807, 2.05) is 0 Å². The molecule has 6 nitrogen and oxygen atoms in total. The minimum Gasteiger partial charge on any atom is -0.478 e. The van der Waals surface area contributed by atoms with Gasteiger partial charge in [-0.1, -0.05) is 0 Å². The summed E-state index contributed by atoms with van der Waals surface area (Å²) >= 11 is 0. The molecular weight excluding hydrogens is 308 g/mol. The number of carboxylic acid groups (broad SMARTS) is 1. The van der Waals surface area contributed by atoms with Crippen LogP contribution in [0.3, 0.4) is 0 Å². The van der Waals surface area contributed by atoms with Gasteiger partial charge in [-0.15, -0.1) is 0 Å². The average molecular weight is 323 g/mol. The Morgan fingerprint density at radius 1 is 1.33 bits per heavy atom. The average Bonchev–Trinajstić information content (AvgIpc) is 2.29. The molecule has 0 bridgehead atoms. The number of sulfonamides is 1. The summed E-state index contributed by atoms with van der Waals surface area (Å²) in [6, 6.07) is 0.934. The van der Waals surface area contributed by atoms with Crippen LogP contribution >= 0.6 is 0 Å². The van der Waals surface area contributed by atoms with Crippen LogP contribution in [0, 0.1) is 11.6 Å². The number of aliphatic hydroxyl groups is 1. The number of benzene rings is 1. The minimum absolute atomic E-state index is 0.381. The Morgan fingerprint density at radius 3 is 2.29 bits per heavy atom. The van der Waals surface area contributed by atoms with Gasteiger partial charge < -0.3 is 10.2 Å². The Bertz CT molecular complexity index is 667. The molecule has 0 aliphatic rings. The summed E-state index contributed by atoms with van der Waals surface area (Å²) in [6.45, 7) is 2.29.